The minimum Gasteiger partial charge on any atom is -0.408 e. The summed E-state index contributed by atoms with van der Waals surface area (Å²) in [7, 11) is 0. The van der Waals surface area contributed by atoms with Crippen LogP contribution in [-0.4, -0.2) is 41.3 Å². The van der Waals surface area contributed by atoms with Gasteiger partial charge in [0, 0.05) is 37.9 Å². The first-order valence-electron chi connectivity index (χ1n) is 9.33. The van der Waals surface area contributed by atoms with Crippen molar-refractivity contribution in [1.29, 1.82) is 0 Å². The lowest BCUT2D eigenvalue weighted by Crippen LogP contribution is -2.53. The first-order valence-corrected chi connectivity index (χ1v) is 9.33. The van der Waals surface area contributed by atoms with E-state index >= 15 is 0 Å². The van der Waals surface area contributed by atoms with Crippen molar-refractivity contribution in [2.45, 2.75) is 50.4 Å². The Labute approximate surface area is 166 Å². The van der Waals surface area contributed by atoms with Crippen molar-refractivity contribution in [2.24, 2.45) is 0 Å². The second kappa shape index (κ2) is 7.72. The van der Waals surface area contributed by atoms with E-state index < -0.39 is 17.5 Å². The topological polar surface area (TPSA) is 47.6 Å². The molecule has 0 unspecified atom stereocenters. The Morgan fingerprint density at radius 3 is 2.39 bits per heavy atom. The molecule has 0 aliphatic carbocycles. The highest BCUT2D eigenvalue weighted by atomic mass is 35.5. The van der Waals surface area contributed by atoms with Crippen LogP contribution in [0.3, 0.4) is 0 Å². The Balaban J connectivity index is 0.00000225. The van der Waals surface area contributed by atoms with Crippen LogP contribution in [0.4, 0.5) is 13.2 Å². The lowest BCUT2D eigenvalue weighted by Gasteiger charge is -2.47. The number of oxazole rings is 1. The highest BCUT2D eigenvalue weighted by molar-refractivity contribution is 5.85. The minimum atomic E-state index is -4.45. The molecule has 0 amide bonds. The van der Waals surface area contributed by atoms with E-state index in [0.29, 0.717) is 12.8 Å². The monoisotopic (exact) mass is 420 g/mol. The van der Waals surface area contributed by atoms with E-state index in [4.69, 9.17) is 9.15 Å². The summed E-state index contributed by atoms with van der Waals surface area (Å²) < 4.78 is 51.2. The smallest absolute Gasteiger partial charge is 0.408 e. The maximum absolute atomic E-state index is 13.1. The molecule has 1 aromatic heterocycles. The zero-order valence-corrected chi connectivity index (χ0v) is 16.4. The Kier molecular flexibility index (Phi) is 5.85. The molecule has 0 atom stereocenters. The van der Waals surface area contributed by atoms with Gasteiger partial charge >= 0.3 is 11.9 Å². The Bertz CT molecular complexity index is 879. The summed E-state index contributed by atoms with van der Waals surface area (Å²) in [5.74, 6) is -0.583. The number of alkyl halides is 3. The van der Waals surface area contributed by atoms with Crippen LogP contribution in [0.2, 0.25) is 0 Å². The Hall–Kier alpha value is -1.51. The molecule has 0 bridgehead atoms. The maximum Gasteiger partial charge on any atom is 0.420 e. The first-order chi connectivity index (χ1) is 12.8. The third-order valence-electron chi connectivity index (χ3n) is 6.10. The number of ether oxygens (including phenoxy) is 1. The van der Waals surface area contributed by atoms with E-state index in [1.807, 2.05) is 0 Å². The van der Waals surface area contributed by atoms with Crippen molar-refractivity contribution in [3.05, 3.63) is 34.3 Å². The van der Waals surface area contributed by atoms with Gasteiger partial charge < -0.3 is 9.15 Å². The van der Waals surface area contributed by atoms with Gasteiger partial charge in [-0.15, -0.1) is 12.4 Å². The number of nitrogens with zero attached hydrogens (tertiary/aromatic N) is 2. The van der Waals surface area contributed by atoms with Gasteiger partial charge in [-0.05, 0) is 50.8 Å². The van der Waals surface area contributed by atoms with Crippen LogP contribution in [0.25, 0.3) is 11.1 Å². The van der Waals surface area contributed by atoms with Crippen LogP contribution in [0, 0.1) is 0 Å². The van der Waals surface area contributed by atoms with Gasteiger partial charge in [-0.25, -0.2) is 4.79 Å². The van der Waals surface area contributed by atoms with Gasteiger partial charge in [-0.2, -0.15) is 13.2 Å². The molecule has 0 saturated carbocycles. The van der Waals surface area contributed by atoms with Crippen molar-refractivity contribution >= 4 is 23.5 Å². The molecule has 9 heteroatoms. The Morgan fingerprint density at radius 2 is 1.79 bits per heavy atom. The van der Waals surface area contributed by atoms with Gasteiger partial charge in [0.15, 0.2) is 5.58 Å². The number of rotatable bonds is 2. The van der Waals surface area contributed by atoms with Gasteiger partial charge in [-0.3, -0.25) is 9.47 Å². The van der Waals surface area contributed by atoms with E-state index in [1.54, 1.807) is 0 Å². The van der Waals surface area contributed by atoms with Gasteiger partial charge in [-0.1, -0.05) is 0 Å². The number of hydrogen-bond donors (Lipinski definition) is 0. The number of fused-ring (bicyclic) bond motifs is 1. The highest BCUT2D eigenvalue weighted by Gasteiger charge is 2.37. The summed E-state index contributed by atoms with van der Waals surface area (Å²) in [5.41, 5.74) is -0.245. The molecule has 2 fully saturated rings. The predicted octanol–water partition coefficient (Wildman–Crippen LogP) is 4.24. The van der Waals surface area contributed by atoms with Gasteiger partial charge in [0.05, 0.1) is 11.1 Å². The number of likely N-dealkylation sites (tertiary alicyclic amines) is 1. The number of aromatic nitrogens is 1. The van der Waals surface area contributed by atoms with Crippen molar-refractivity contribution in [3.8, 4) is 0 Å². The van der Waals surface area contributed by atoms with E-state index in [9.17, 15) is 18.0 Å². The number of hydrogen-bond acceptors (Lipinski definition) is 4. The lowest BCUT2D eigenvalue weighted by molar-refractivity contribution is -0.137. The quantitative estimate of drug-likeness (QED) is 0.729. The fraction of sp³-hybridized carbons (Fsp3) is 0.632. The molecule has 28 heavy (non-hydrogen) atoms. The zero-order chi connectivity index (χ0) is 19.2. The summed E-state index contributed by atoms with van der Waals surface area (Å²) in [6.07, 6.45) is -1.09. The minimum absolute atomic E-state index is 0. The molecular formula is C19H24ClF3N2O3. The maximum atomic E-state index is 13.1. The second-order valence-corrected chi connectivity index (χ2v) is 7.75. The fourth-order valence-electron chi connectivity index (χ4n) is 4.35. The van der Waals surface area contributed by atoms with Crippen LogP contribution in [-0.2, 0) is 10.9 Å². The van der Waals surface area contributed by atoms with Crippen LogP contribution in [0.1, 0.15) is 44.2 Å². The summed E-state index contributed by atoms with van der Waals surface area (Å²) in [6.45, 7) is 5.36. The molecule has 0 N–H and O–H groups in total. The third-order valence-corrected chi connectivity index (χ3v) is 6.10. The van der Waals surface area contributed by atoms with Crippen molar-refractivity contribution in [1.82, 2.24) is 9.47 Å². The summed E-state index contributed by atoms with van der Waals surface area (Å²) in [6, 6.07) is 3.05. The highest BCUT2D eigenvalue weighted by Crippen LogP contribution is 2.35. The standard InChI is InChI=1S/C19H23F3N2O3.ClH/c1-18(6-10-26-11-7-18)23-8-4-14(5-9-23)24-15-12-13(19(20,21)22)2-3-16(15)27-17(24)25;/h2-3,12,14H,4-11H2,1H3;1H. The molecule has 0 spiro atoms. The van der Waals surface area contributed by atoms with Crippen molar-refractivity contribution in [2.75, 3.05) is 26.3 Å². The van der Waals surface area contributed by atoms with Crippen molar-refractivity contribution in [3.63, 3.8) is 0 Å². The molecule has 0 radical (unpaired) electrons. The van der Waals surface area contributed by atoms with E-state index in [2.05, 4.69) is 11.8 Å². The predicted molar refractivity (Wildman–Crippen MR) is 101 cm³/mol. The summed E-state index contributed by atoms with van der Waals surface area (Å²) in [5, 5.41) is 0. The SMILES string of the molecule is CC1(N2CCC(n3c(=O)oc4ccc(C(F)(F)F)cc43)CC2)CCOCC1.Cl. The molecule has 2 aromatic rings. The molecule has 2 aliphatic heterocycles. The normalized spacial score (nSPS) is 21.6. The van der Waals surface area contributed by atoms with Gasteiger partial charge in [0.1, 0.15) is 0 Å². The zero-order valence-electron chi connectivity index (χ0n) is 15.6. The van der Waals surface area contributed by atoms with Crippen LogP contribution in [0.15, 0.2) is 27.4 Å². The number of piperidine rings is 1. The number of benzene rings is 1. The van der Waals surface area contributed by atoms with Gasteiger partial charge in [0.25, 0.3) is 0 Å². The summed E-state index contributed by atoms with van der Waals surface area (Å²) in [4.78, 5) is 14.8. The van der Waals surface area contributed by atoms with E-state index in [1.165, 1.54) is 10.6 Å². The van der Waals surface area contributed by atoms with Crippen LogP contribution < -0.4 is 5.76 Å². The molecule has 4 rings (SSSR count). The first kappa shape index (κ1) is 21.2. The average Bonchev–Trinajstić information content (AvgIpc) is 2.96. The van der Waals surface area contributed by atoms with E-state index in [0.717, 1.165) is 51.3 Å². The third kappa shape index (κ3) is 3.82. The average molecular weight is 421 g/mol. The molecule has 156 valence electrons. The summed E-state index contributed by atoms with van der Waals surface area (Å²) >= 11 is 0. The molecule has 5 nitrogen and oxygen atoms in total. The molecule has 2 saturated heterocycles. The van der Waals surface area contributed by atoms with Crippen LogP contribution >= 0.6 is 12.4 Å². The number of halogens is 4. The van der Waals surface area contributed by atoms with E-state index in [-0.39, 0.29) is 35.1 Å². The lowest BCUT2D eigenvalue weighted by atomic mass is 9.87. The van der Waals surface area contributed by atoms with Gasteiger partial charge in [0.2, 0.25) is 0 Å². The molecular weight excluding hydrogens is 397 g/mol. The molecule has 1 aromatic carbocycles. The van der Waals surface area contributed by atoms with Crippen LogP contribution in [0.5, 0.6) is 0 Å². The molecule has 2 aliphatic rings. The fourth-order valence-corrected chi connectivity index (χ4v) is 4.35. The van der Waals surface area contributed by atoms with Crippen molar-refractivity contribution < 1.29 is 22.3 Å². The largest absolute Gasteiger partial charge is 0.420 e. The molecule has 3 heterocycles. The second-order valence-electron chi connectivity index (χ2n) is 7.75. The Morgan fingerprint density at radius 1 is 1.14 bits per heavy atom.